The van der Waals surface area contributed by atoms with Crippen molar-refractivity contribution in [2.75, 3.05) is 10.6 Å². The quantitative estimate of drug-likeness (QED) is 0.781. The van der Waals surface area contributed by atoms with Gasteiger partial charge in [0.25, 0.3) is 5.91 Å². The lowest BCUT2D eigenvalue weighted by atomic mass is 9.94. The maximum Gasteiger partial charge on any atom is 0.254 e. The Bertz CT molecular complexity index is 580. The first-order valence-corrected chi connectivity index (χ1v) is 7.48. The molecule has 0 saturated heterocycles. The first-order chi connectivity index (χ1) is 10.2. The first kappa shape index (κ1) is 16.2. The summed E-state index contributed by atoms with van der Waals surface area (Å²) in [6, 6.07) is -0.0169. The zero-order valence-electron chi connectivity index (χ0n) is 13.3. The van der Waals surface area contributed by atoms with Gasteiger partial charge in [0.1, 0.15) is 11.6 Å². The molecule has 2 rings (SSSR count). The van der Waals surface area contributed by atoms with Gasteiger partial charge in [0.2, 0.25) is 5.95 Å². The van der Waals surface area contributed by atoms with Gasteiger partial charge in [0.05, 0.1) is 5.56 Å². The minimum atomic E-state index is -0.591. The molecule has 1 saturated carbocycles. The zero-order chi connectivity index (χ0) is 16.3. The third-order valence-electron chi connectivity index (χ3n) is 3.36. The van der Waals surface area contributed by atoms with Crippen LogP contribution in [0, 0.1) is 0 Å². The van der Waals surface area contributed by atoms with Crippen LogP contribution < -0.4 is 16.4 Å². The fraction of sp³-hybridized carbons (Fsp3) is 0.600. The van der Waals surface area contributed by atoms with Crippen LogP contribution in [-0.4, -0.2) is 33.2 Å². The van der Waals surface area contributed by atoms with Gasteiger partial charge in [-0.3, -0.25) is 9.59 Å². The number of nitrogens with two attached hydrogens (primary N) is 1. The van der Waals surface area contributed by atoms with Crippen molar-refractivity contribution >= 4 is 23.5 Å². The molecule has 1 heterocycles. The normalized spacial score (nSPS) is 18.9. The van der Waals surface area contributed by atoms with Crippen LogP contribution in [0.2, 0.25) is 0 Å². The molecule has 22 heavy (non-hydrogen) atoms. The summed E-state index contributed by atoms with van der Waals surface area (Å²) in [7, 11) is 0. The maximum atomic E-state index is 11.6. The molecule has 1 atom stereocenters. The molecule has 1 aliphatic carbocycles. The largest absolute Gasteiger partial charge is 0.366 e. The number of nitrogens with zero attached hydrogens (tertiary/aromatic N) is 2. The first-order valence-electron chi connectivity index (χ1n) is 7.48. The van der Waals surface area contributed by atoms with Crippen LogP contribution >= 0.6 is 0 Å². The van der Waals surface area contributed by atoms with Crippen LogP contribution in [-0.2, 0) is 4.79 Å². The van der Waals surface area contributed by atoms with E-state index in [2.05, 4.69) is 20.6 Å². The maximum absolute atomic E-state index is 11.6. The number of amides is 1. The number of carbonyl (C=O) groups is 2. The van der Waals surface area contributed by atoms with E-state index >= 15 is 0 Å². The molecular weight excluding hydrogens is 282 g/mol. The van der Waals surface area contributed by atoms with Gasteiger partial charge in [-0.2, -0.15) is 4.98 Å². The number of aromatic nitrogens is 2. The van der Waals surface area contributed by atoms with Crippen LogP contribution in [0.1, 0.15) is 56.8 Å². The SMILES string of the molecule is CC(C)(C)Nc1ncc(C(N)=O)c(N[C@@H]2CCCC(=O)C2)n1. The molecule has 4 N–H and O–H groups in total. The number of anilines is 2. The van der Waals surface area contributed by atoms with Gasteiger partial charge in [-0.1, -0.05) is 0 Å². The summed E-state index contributed by atoms with van der Waals surface area (Å²) in [6.45, 7) is 5.97. The molecule has 1 amide bonds. The predicted octanol–water partition coefficient (Wildman–Crippen LogP) is 1.71. The Labute approximate surface area is 130 Å². The highest BCUT2D eigenvalue weighted by Crippen LogP contribution is 2.22. The van der Waals surface area contributed by atoms with Crippen molar-refractivity contribution in [1.29, 1.82) is 0 Å². The second-order valence-electron chi connectivity index (χ2n) is 6.67. The van der Waals surface area contributed by atoms with E-state index in [4.69, 9.17) is 5.73 Å². The van der Waals surface area contributed by atoms with E-state index in [-0.39, 0.29) is 22.9 Å². The fourth-order valence-electron chi connectivity index (χ4n) is 2.41. The number of carbonyl (C=O) groups excluding carboxylic acids is 2. The summed E-state index contributed by atoms with van der Waals surface area (Å²) < 4.78 is 0. The summed E-state index contributed by atoms with van der Waals surface area (Å²) in [5.41, 5.74) is 5.41. The highest BCUT2D eigenvalue weighted by molar-refractivity contribution is 5.97. The molecule has 7 nitrogen and oxygen atoms in total. The molecule has 1 aromatic rings. The molecule has 7 heteroatoms. The Morgan fingerprint density at radius 1 is 1.41 bits per heavy atom. The molecule has 120 valence electrons. The molecule has 0 aromatic carbocycles. The number of nitrogens with one attached hydrogen (secondary N) is 2. The second kappa shape index (κ2) is 6.29. The highest BCUT2D eigenvalue weighted by Gasteiger charge is 2.22. The van der Waals surface area contributed by atoms with E-state index in [1.807, 2.05) is 20.8 Å². The molecule has 0 aliphatic heterocycles. The van der Waals surface area contributed by atoms with Crippen LogP contribution in [0.5, 0.6) is 0 Å². The Hall–Kier alpha value is -2.18. The number of hydrogen-bond donors (Lipinski definition) is 3. The van der Waals surface area contributed by atoms with E-state index in [9.17, 15) is 9.59 Å². The van der Waals surface area contributed by atoms with Gasteiger partial charge < -0.3 is 16.4 Å². The van der Waals surface area contributed by atoms with Gasteiger partial charge in [-0.25, -0.2) is 4.98 Å². The monoisotopic (exact) mass is 305 g/mol. The molecule has 0 bridgehead atoms. The minimum absolute atomic E-state index is 0.0169. The average Bonchev–Trinajstić information content (AvgIpc) is 2.36. The number of Topliss-reactive ketones (excluding diaryl/α,β-unsaturated/α-hetero) is 1. The van der Waals surface area contributed by atoms with Crippen molar-refractivity contribution in [3.8, 4) is 0 Å². The van der Waals surface area contributed by atoms with E-state index < -0.39 is 5.91 Å². The van der Waals surface area contributed by atoms with E-state index in [1.165, 1.54) is 6.20 Å². The minimum Gasteiger partial charge on any atom is -0.366 e. The molecule has 1 aromatic heterocycles. The topological polar surface area (TPSA) is 110 Å². The summed E-state index contributed by atoms with van der Waals surface area (Å²) in [6.07, 6.45) is 4.21. The average molecular weight is 305 g/mol. The summed E-state index contributed by atoms with van der Waals surface area (Å²) in [4.78, 5) is 31.6. The lowest BCUT2D eigenvalue weighted by Gasteiger charge is -2.24. The summed E-state index contributed by atoms with van der Waals surface area (Å²) in [5.74, 6) is 0.439. The molecular formula is C15H23N5O2. The van der Waals surface area contributed by atoms with Crippen molar-refractivity contribution in [3.05, 3.63) is 11.8 Å². The smallest absolute Gasteiger partial charge is 0.254 e. The van der Waals surface area contributed by atoms with Gasteiger partial charge in [-0.05, 0) is 33.6 Å². The standard InChI is InChI=1S/C15H23N5O2/c1-15(2,3)20-14-17-8-11(12(16)22)13(19-14)18-9-5-4-6-10(21)7-9/h8-9H,4-7H2,1-3H3,(H2,16,22)(H2,17,18,19,20)/t9-/m1/s1. The zero-order valence-corrected chi connectivity index (χ0v) is 13.3. The molecule has 0 radical (unpaired) electrons. The van der Waals surface area contributed by atoms with Crippen LogP contribution in [0.4, 0.5) is 11.8 Å². The van der Waals surface area contributed by atoms with Gasteiger partial charge >= 0.3 is 0 Å². The number of rotatable bonds is 4. The van der Waals surface area contributed by atoms with Crippen LogP contribution in [0.25, 0.3) is 0 Å². The molecule has 0 unspecified atom stereocenters. The fourth-order valence-corrected chi connectivity index (χ4v) is 2.41. The van der Waals surface area contributed by atoms with E-state index in [0.717, 1.165) is 12.8 Å². The molecule has 1 fully saturated rings. The highest BCUT2D eigenvalue weighted by atomic mass is 16.1. The van der Waals surface area contributed by atoms with Gasteiger partial charge in [0.15, 0.2) is 0 Å². The molecule has 1 aliphatic rings. The number of ketones is 1. The Balaban J connectivity index is 2.23. The Kier molecular flexibility index (Phi) is 4.63. The lowest BCUT2D eigenvalue weighted by Crippen LogP contribution is -2.31. The van der Waals surface area contributed by atoms with Crippen LogP contribution in [0.3, 0.4) is 0 Å². The lowest BCUT2D eigenvalue weighted by molar-refractivity contribution is -0.120. The van der Waals surface area contributed by atoms with Crippen molar-refractivity contribution < 1.29 is 9.59 Å². The summed E-state index contributed by atoms with van der Waals surface area (Å²) in [5, 5.41) is 6.33. The number of primary amides is 1. The Morgan fingerprint density at radius 2 is 2.14 bits per heavy atom. The second-order valence-corrected chi connectivity index (χ2v) is 6.67. The third kappa shape index (κ3) is 4.41. The van der Waals surface area contributed by atoms with E-state index in [0.29, 0.717) is 24.6 Å². The summed E-state index contributed by atoms with van der Waals surface area (Å²) >= 11 is 0. The van der Waals surface area contributed by atoms with Crippen molar-refractivity contribution in [1.82, 2.24) is 9.97 Å². The third-order valence-corrected chi connectivity index (χ3v) is 3.36. The van der Waals surface area contributed by atoms with E-state index in [1.54, 1.807) is 0 Å². The van der Waals surface area contributed by atoms with Gasteiger partial charge in [-0.15, -0.1) is 0 Å². The van der Waals surface area contributed by atoms with Gasteiger partial charge in [0, 0.05) is 30.6 Å². The Morgan fingerprint density at radius 3 is 2.73 bits per heavy atom. The molecule has 0 spiro atoms. The van der Waals surface area contributed by atoms with Crippen molar-refractivity contribution in [3.63, 3.8) is 0 Å². The van der Waals surface area contributed by atoms with Crippen molar-refractivity contribution in [2.24, 2.45) is 5.73 Å². The van der Waals surface area contributed by atoms with Crippen molar-refractivity contribution in [2.45, 2.75) is 58.0 Å². The number of hydrogen-bond acceptors (Lipinski definition) is 6. The predicted molar refractivity (Wildman–Crippen MR) is 84.8 cm³/mol. The van der Waals surface area contributed by atoms with Crippen LogP contribution in [0.15, 0.2) is 6.20 Å².